The molecule has 0 N–H and O–H groups in total. The van der Waals surface area contributed by atoms with E-state index in [-0.39, 0.29) is 0 Å². The van der Waals surface area contributed by atoms with Gasteiger partial charge in [-0.3, -0.25) is 4.98 Å². The van der Waals surface area contributed by atoms with Gasteiger partial charge in [-0.25, -0.2) is 4.79 Å². The molecule has 0 fully saturated rings. The molecule has 0 radical (unpaired) electrons. The summed E-state index contributed by atoms with van der Waals surface area (Å²) in [6.07, 6.45) is 1.32. The predicted molar refractivity (Wildman–Crippen MR) is 86.3 cm³/mol. The van der Waals surface area contributed by atoms with Gasteiger partial charge in [-0.1, -0.05) is 18.2 Å². The average Bonchev–Trinajstić information content (AvgIpc) is 2.44. The van der Waals surface area contributed by atoms with Gasteiger partial charge in [0.25, 0.3) is 0 Å². The number of hydrogen-bond donors (Lipinski definition) is 0. The summed E-state index contributed by atoms with van der Waals surface area (Å²) < 4.78 is 5.09. The quantitative estimate of drug-likeness (QED) is 0.806. The van der Waals surface area contributed by atoms with Gasteiger partial charge >= 0.3 is 6.09 Å². The molecule has 22 heavy (non-hydrogen) atoms. The normalized spacial score (nSPS) is 13.0. The number of fused-ring (bicyclic) bond motifs is 1. The molecule has 0 aliphatic rings. The summed E-state index contributed by atoms with van der Waals surface area (Å²) in [5, 5.41) is 13.4. The maximum absolute atomic E-state index is 12.0. The highest BCUT2D eigenvalue weighted by Crippen LogP contribution is 2.17. The van der Waals surface area contributed by atoms with E-state index < -0.39 is 17.7 Å². The number of hydrogen-bond acceptors (Lipinski definition) is 4. The van der Waals surface area contributed by atoms with Crippen LogP contribution in [0.3, 0.4) is 0 Å². The van der Waals surface area contributed by atoms with Crippen molar-refractivity contribution < 1.29 is 9.53 Å². The Labute approximate surface area is 130 Å². The van der Waals surface area contributed by atoms with Crippen molar-refractivity contribution in [1.29, 1.82) is 0 Å². The molecule has 1 atom stereocenters. The molecular weight excluding hydrogens is 280 g/mol. The van der Waals surface area contributed by atoms with Gasteiger partial charge in [0.2, 0.25) is 0 Å². The number of hydroxylamine groups is 2. The first-order valence-electron chi connectivity index (χ1n) is 7.29. The number of aromatic nitrogens is 1. The minimum absolute atomic E-state index is 0.389. The highest BCUT2D eigenvalue weighted by atomic mass is 16.6. The monoisotopic (exact) mass is 301 g/mol. The van der Waals surface area contributed by atoms with E-state index in [0.717, 1.165) is 16.5 Å². The molecule has 1 unspecified atom stereocenters. The highest BCUT2D eigenvalue weighted by Gasteiger charge is 2.20. The van der Waals surface area contributed by atoms with Gasteiger partial charge < -0.3 is 15.0 Å². The van der Waals surface area contributed by atoms with Crippen molar-refractivity contribution in [3.63, 3.8) is 0 Å². The zero-order chi connectivity index (χ0) is 16.3. The number of rotatable bonds is 3. The molecule has 2 rings (SSSR count). The summed E-state index contributed by atoms with van der Waals surface area (Å²) in [4.78, 5) is 16.1. The second kappa shape index (κ2) is 6.32. The molecule has 0 aliphatic carbocycles. The number of benzene rings is 1. The first kappa shape index (κ1) is 16.2. The molecule has 5 heteroatoms. The van der Waals surface area contributed by atoms with Crippen molar-refractivity contribution >= 4 is 17.0 Å². The van der Waals surface area contributed by atoms with Gasteiger partial charge in [0.15, 0.2) is 0 Å². The van der Waals surface area contributed by atoms with Crippen LogP contribution in [-0.4, -0.2) is 27.8 Å². The van der Waals surface area contributed by atoms with Crippen LogP contribution in [0.15, 0.2) is 36.5 Å². The van der Waals surface area contributed by atoms with Crippen molar-refractivity contribution in [3.05, 3.63) is 47.3 Å². The standard InChI is InChI=1S/C17H21N2O3/c1-12(19(21)16(20)22-17(2,3)4)9-13-10-14-7-5-6-8-15(14)18-11-13/h5-8,10-12H,9H2,1-4H3/q-1. The Balaban J connectivity index is 2.06. The summed E-state index contributed by atoms with van der Waals surface area (Å²) in [6, 6.07) is 9.25. The Morgan fingerprint density at radius 3 is 2.73 bits per heavy atom. The summed E-state index contributed by atoms with van der Waals surface area (Å²) in [7, 11) is 0. The number of ether oxygens (including phenoxy) is 1. The molecule has 0 aliphatic heterocycles. The van der Waals surface area contributed by atoms with Crippen LogP contribution in [0, 0.1) is 5.21 Å². The largest absolute Gasteiger partial charge is 0.753 e. The van der Waals surface area contributed by atoms with Crippen LogP contribution >= 0.6 is 0 Å². The number of pyridine rings is 1. The maximum atomic E-state index is 12.0. The van der Waals surface area contributed by atoms with E-state index >= 15 is 0 Å². The summed E-state index contributed by atoms with van der Waals surface area (Å²) in [6.45, 7) is 6.90. The smallest absolute Gasteiger partial charge is 0.399 e. The first-order valence-corrected chi connectivity index (χ1v) is 7.29. The van der Waals surface area contributed by atoms with E-state index in [1.807, 2.05) is 30.3 Å². The lowest BCUT2D eigenvalue weighted by Gasteiger charge is -2.36. The van der Waals surface area contributed by atoms with Gasteiger partial charge in [-0.05, 0) is 51.8 Å². The lowest BCUT2D eigenvalue weighted by Crippen LogP contribution is -2.39. The number of amides is 1. The summed E-state index contributed by atoms with van der Waals surface area (Å²) in [5.41, 5.74) is 1.14. The fourth-order valence-electron chi connectivity index (χ4n) is 2.14. The third-order valence-corrected chi connectivity index (χ3v) is 3.15. The van der Waals surface area contributed by atoms with Gasteiger partial charge in [-0.2, -0.15) is 0 Å². The molecule has 0 saturated heterocycles. The lowest BCUT2D eigenvalue weighted by atomic mass is 10.1. The van der Waals surface area contributed by atoms with Crippen molar-refractivity contribution in [2.24, 2.45) is 0 Å². The van der Waals surface area contributed by atoms with E-state index in [4.69, 9.17) is 4.74 Å². The third-order valence-electron chi connectivity index (χ3n) is 3.15. The second-order valence-electron chi connectivity index (χ2n) is 6.40. The van der Waals surface area contributed by atoms with E-state index in [1.54, 1.807) is 33.9 Å². The predicted octanol–water partition coefficient (Wildman–Crippen LogP) is 3.90. The van der Waals surface area contributed by atoms with Crippen LogP contribution in [-0.2, 0) is 11.2 Å². The van der Waals surface area contributed by atoms with Crippen molar-refractivity contribution in [2.75, 3.05) is 0 Å². The molecule has 2 aromatic rings. The number of nitrogens with zero attached hydrogens (tertiary/aromatic N) is 2. The number of carbonyl (C=O) groups is 1. The van der Waals surface area contributed by atoms with Gasteiger partial charge in [-0.15, -0.1) is 0 Å². The third kappa shape index (κ3) is 4.18. The summed E-state index contributed by atoms with van der Waals surface area (Å²) in [5.74, 6) is 0. The molecular formula is C17H21N2O3-. The summed E-state index contributed by atoms with van der Waals surface area (Å²) >= 11 is 0. The Morgan fingerprint density at radius 2 is 2.05 bits per heavy atom. The van der Waals surface area contributed by atoms with E-state index in [9.17, 15) is 10.0 Å². The van der Waals surface area contributed by atoms with Gasteiger partial charge in [0, 0.05) is 17.6 Å². The Kier molecular flexibility index (Phi) is 4.66. The van der Waals surface area contributed by atoms with Crippen molar-refractivity contribution in [2.45, 2.75) is 45.8 Å². The van der Waals surface area contributed by atoms with Crippen molar-refractivity contribution in [1.82, 2.24) is 10.0 Å². The Bertz CT molecular complexity index is 664. The molecule has 118 valence electrons. The zero-order valence-corrected chi connectivity index (χ0v) is 13.4. The molecule has 0 bridgehead atoms. The van der Waals surface area contributed by atoms with Crippen molar-refractivity contribution in [3.8, 4) is 0 Å². The van der Waals surface area contributed by atoms with Crippen LogP contribution in [0.25, 0.3) is 10.9 Å². The van der Waals surface area contributed by atoms with Gasteiger partial charge in [0.05, 0.1) is 5.52 Å². The minimum atomic E-state index is -0.853. The first-order chi connectivity index (χ1) is 10.3. The number of carbonyl (C=O) groups excluding carboxylic acids is 1. The average molecular weight is 301 g/mol. The second-order valence-corrected chi connectivity index (χ2v) is 6.40. The number of para-hydroxylation sites is 1. The topological polar surface area (TPSA) is 65.5 Å². The Hall–Kier alpha value is -2.14. The Morgan fingerprint density at radius 1 is 1.36 bits per heavy atom. The maximum Gasteiger partial charge on any atom is 0.399 e. The van der Waals surface area contributed by atoms with Crippen LogP contribution in [0.4, 0.5) is 4.79 Å². The van der Waals surface area contributed by atoms with Crippen LogP contribution < -0.4 is 0 Å². The van der Waals surface area contributed by atoms with Crippen LogP contribution in [0.5, 0.6) is 0 Å². The van der Waals surface area contributed by atoms with E-state index in [0.29, 0.717) is 11.5 Å². The minimum Gasteiger partial charge on any atom is -0.753 e. The molecule has 5 nitrogen and oxygen atoms in total. The molecule has 0 spiro atoms. The zero-order valence-electron chi connectivity index (χ0n) is 13.4. The van der Waals surface area contributed by atoms with E-state index in [2.05, 4.69) is 4.98 Å². The molecule has 1 aromatic heterocycles. The van der Waals surface area contributed by atoms with Crippen LogP contribution in [0.1, 0.15) is 33.3 Å². The fraction of sp³-hybridized carbons (Fsp3) is 0.412. The van der Waals surface area contributed by atoms with Gasteiger partial charge in [0.1, 0.15) is 5.60 Å². The SMILES string of the molecule is CC(Cc1cnc2ccccc2c1)N([O-])C(=O)OC(C)(C)C. The molecule has 1 aromatic carbocycles. The fourth-order valence-corrected chi connectivity index (χ4v) is 2.14. The lowest BCUT2D eigenvalue weighted by molar-refractivity contribution is 0.0281. The van der Waals surface area contributed by atoms with Crippen LogP contribution in [0.2, 0.25) is 0 Å². The molecule has 1 amide bonds. The molecule has 0 saturated carbocycles. The highest BCUT2D eigenvalue weighted by molar-refractivity contribution is 5.78. The van der Waals surface area contributed by atoms with E-state index in [1.165, 1.54) is 0 Å². The molecule has 1 heterocycles.